The maximum atomic E-state index is 13.5. The third-order valence-corrected chi connectivity index (χ3v) is 2.63. The van der Waals surface area contributed by atoms with E-state index in [4.69, 9.17) is 11.6 Å². The fraction of sp³-hybridized carbons (Fsp3) is 0.167. The lowest BCUT2D eigenvalue weighted by atomic mass is 10.2. The molecule has 0 saturated carbocycles. The van der Waals surface area contributed by atoms with E-state index in [2.05, 4.69) is 15.3 Å². The summed E-state index contributed by atoms with van der Waals surface area (Å²) in [5, 5.41) is 3.33. The summed E-state index contributed by atoms with van der Waals surface area (Å²) < 4.78 is 13.5. The van der Waals surface area contributed by atoms with Gasteiger partial charge in [0.05, 0.1) is 0 Å². The van der Waals surface area contributed by atoms with Gasteiger partial charge in [-0.25, -0.2) is 14.4 Å². The van der Waals surface area contributed by atoms with E-state index >= 15 is 0 Å². The number of aromatic nitrogens is 2. The van der Waals surface area contributed by atoms with E-state index in [1.807, 2.05) is 6.92 Å². The van der Waals surface area contributed by atoms with Gasteiger partial charge >= 0.3 is 0 Å². The monoisotopic (exact) mass is 251 g/mol. The van der Waals surface area contributed by atoms with Gasteiger partial charge in [0.1, 0.15) is 5.82 Å². The summed E-state index contributed by atoms with van der Waals surface area (Å²) in [4.78, 5) is 8.19. The van der Waals surface area contributed by atoms with Crippen molar-refractivity contribution in [1.29, 1.82) is 0 Å². The van der Waals surface area contributed by atoms with Gasteiger partial charge in [0.2, 0.25) is 5.95 Å². The largest absolute Gasteiger partial charge is 0.350 e. The van der Waals surface area contributed by atoms with Crippen LogP contribution in [-0.4, -0.2) is 9.97 Å². The van der Waals surface area contributed by atoms with Crippen molar-refractivity contribution in [2.75, 3.05) is 5.32 Å². The molecule has 0 saturated heterocycles. The molecule has 3 nitrogen and oxygen atoms in total. The second-order valence-corrected chi connectivity index (χ2v) is 3.98. The summed E-state index contributed by atoms with van der Waals surface area (Å²) in [5.74, 6) is 0.127. The molecule has 1 heterocycles. The van der Waals surface area contributed by atoms with Crippen molar-refractivity contribution in [3.63, 3.8) is 0 Å². The number of aryl methyl sites for hydroxylation is 1. The number of nitrogens with one attached hydrogen (secondary N) is 1. The first-order valence-electron chi connectivity index (χ1n) is 5.13. The van der Waals surface area contributed by atoms with E-state index in [0.29, 0.717) is 16.5 Å². The Morgan fingerprint density at radius 3 is 2.88 bits per heavy atom. The van der Waals surface area contributed by atoms with E-state index in [1.54, 1.807) is 24.4 Å². The summed E-state index contributed by atoms with van der Waals surface area (Å²) >= 11 is 5.91. The average molecular weight is 252 g/mol. The minimum atomic E-state index is -0.336. The molecule has 5 heteroatoms. The molecule has 1 aromatic heterocycles. The van der Waals surface area contributed by atoms with Gasteiger partial charge in [0.15, 0.2) is 0 Å². The highest BCUT2D eigenvalue weighted by molar-refractivity contribution is 6.31. The Labute approximate surface area is 104 Å². The number of rotatable bonds is 3. The Balaban J connectivity index is 2.13. The van der Waals surface area contributed by atoms with Crippen molar-refractivity contribution in [2.45, 2.75) is 13.5 Å². The molecular formula is C12H11ClFN3. The first-order chi connectivity index (χ1) is 8.16. The molecule has 1 N–H and O–H groups in total. The van der Waals surface area contributed by atoms with Gasteiger partial charge in [-0.15, -0.1) is 0 Å². The van der Waals surface area contributed by atoms with Crippen LogP contribution in [0.3, 0.4) is 0 Å². The first kappa shape index (κ1) is 11.8. The molecule has 0 fully saturated rings. The molecule has 0 radical (unpaired) electrons. The molecule has 0 unspecified atom stereocenters. The molecule has 2 aromatic rings. The predicted molar refractivity (Wildman–Crippen MR) is 65.5 cm³/mol. The summed E-state index contributed by atoms with van der Waals surface area (Å²) in [7, 11) is 0. The fourth-order valence-electron chi connectivity index (χ4n) is 1.40. The maximum absolute atomic E-state index is 13.5. The molecule has 0 aliphatic rings. The van der Waals surface area contributed by atoms with Crippen LogP contribution in [0, 0.1) is 12.7 Å². The Hall–Kier alpha value is -1.68. The summed E-state index contributed by atoms with van der Waals surface area (Å²) in [6, 6.07) is 6.39. The minimum Gasteiger partial charge on any atom is -0.350 e. The summed E-state index contributed by atoms with van der Waals surface area (Å²) in [5.41, 5.74) is 1.27. The molecule has 0 spiro atoms. The number of nitrogens with zero attached hydrogens (tertiary/aromatic N) is 2. The van der Waals surface area contributed by atoms with E-state index in [-0.39, 0.29) is 12.4 Å². The van der Waals surface area contributed by atoms with Gasteiger partial charge < -0.3 is 5.32 Å². The van der Waals surface area contributed by atoms with Crippen molar-refractivity contribution in [3.05, 3.63) is 52.6 Å². The topological polar surface area (TPSA) is 37.8 Å². The fourth-order valence-corrected chi connectivity index (χ4v) is 1.63. The highest BCUT2D eigenvalue weighted by Gasteiger charge is 2.06. The van der Waals surface area contributed by atoms with E-state index < -0.39 is 0 Å². The number of hydrogen-bond acceptors (Lipinski definition) is 3. The van der Waals surface area contributed by atoms with Gasteiger partial charge in [0.25, 0.3) is 0 Å². The van der Waals surface area contributed by atoms with E-state index in [1.165, 1.54) is 6.07 Å². The third kappa shape index (κ3) is 2.91. The zero-order valence-corrected chi connectivity index (χ0v) is 10.0. The third-order valence-electron chi connectivity index (χ3n) is 2.28. The van der Waals surface area contributed by atoms with Crippen LogP contribution in [0.5, 0.6) is 0 Å². The lowest BCUT2D eigenvalue weighted by Gasteiger charge is -2.07. The van der Waals surface area contributed by atoms with Crippen molar-refractivity contribution in [2.24, 2.45) is 0 Å². The molecule has 17 heavy (non-hydrogen) atoms. The lowest BCUT2D eigenvalue weighted by molar-refractivity contribution is 0.613. The smallest absolute Gasteiger partial charge is 0.223 e. The Morgan fingerprint density at radius 1 is 1.35 bits per heavy atom. The van der Waals surface area contributed by atoms with Crippen LogP contribution >= 0.6 is 11.6 Å². The first-order valence-corrected chi connectivity index (χ1v) is 5.51. The molecule has 1 aromatic carbocycles. The van der Waals surface area contributed by atoms with Crippen molar-refractivity contribution >= 4 is 17.5 Å². The molecule has 0 aliphatic carbocycles. The Bertz CT molecular complexity index is 511. The quantitative estimate of drug-likeness (QED) is 0.910. The highest BCUT2D eigenvalue weighted by atomic mass is 35.5. The average Bonchev–Trinajstić information content (AvgIpc) is 2.28. The van der Waals surface area contributed by atoms with Gasteiger partial charge in [0, 0.05) is 29.0 Å². The van der Waals surface area contributed by atoms with Crippen LogP contribution in [0.2, 0.25) is 5.02 Å². The van der Waals surface area contributed by atoms with Crippen LogP contribution in [0.25, 0.3) is 0 Å². The molecular weight excluding hydrogens is 241 g/mol. The molecule has 88 valence electrons. The molecule has 0 amide bonds. The standard InChI is InChI=1S/C12H11ClFN3/c1-8-5-6-15-12(17-8)16-7-9-10(13)3-2-4-11(9)14/h2-6H,7H2,1H3,(H,15,16,17). The van der Waals surface area contributed by atoms with Gasteiger partial charge in [-0.1, -0.05) is 17.7 Å². The SMILES string of the molecule is Cc1ccnc(NCc2c(F)cccc2Cl)n1. The number of halogens is 2. The van der Waals surface area contributed by atoms with Crippen LogP contribution in [0.4, 0.5) is 10.3 Å². The van der Waals surface area contributed by atoms with Crippen molar-refractivity contribution in [1.82, 2.24) is 9.97 Å². The summed E-state index contributed by atoms with van der Waals surface area (Å²) in [6.45, 7) is 2.12. The lowest BCUT2D eigenvalue weighted by Crippen LogP contribution is -2.06. The minimum absolute atomic E-state index is 0.259. The zero-order chi connectivity index (χ0) is 12.3. The normalized spacial score (nSPS) is 10.3. The summed E-state index contributed by atoms with van der Waals surface area (Å²) in [6.07, 6.45) is 1.65. The molecule has 0 bridgehead atoms. The second-order valence-electron chi connectivity index (χ2n) is 3.58. The van der Waals surface area contributed by atoms with Crippen LogP contribution < -0.4 is 5.32 Å². The molecule has 2 rings (SSSR count). The van der Waals surface area contributed by atoms with Crippen LogP contribution in [0.15, 0.2) is 30.5 Å². The zero-order valence-electron chi connectivity index (χ0n) is 9.24. The van der Waals surface area contributed by atoms with Gasteiger partial charge in [-0.3, -0.25) is 0 Å². The van der Waals surface area contributed by atoms with Crippen molar-refractivity contribution < 1.29 is 4.39 Å². The maximum Gasteiger partial charge on any atom is 0.223 e. The van der Waals surface area contributed by atoms with E-state index in [9.17, 15) is 4.39 Å². The molecule has 0 aliphatic heterocycles. The Kier molecular flexibility index (Phi) is 3.54. The highest BCUT2D eigenvalue weighted by Crippen LogP contribution is 2.19. The van der Waals surface area contributed by atoms with Crippen LogP contribution in [-0.2, 0) is 6.54 Å². The molecule has 0 atom stereocenters. The van der Waals surface area contributed by atoms with E-state index in [0.717, 1.165) is 5.69 Å². The van der Waals surface area contributed by atoms with Crippen molar-refractivity contribution in [3.8, 4) is 0 Å². The number of hydrogen-bond donors (Lipinski definition) is 1. The number of anilines is 1. The Morgan fingerprint density at radius 2 is 2.18 bits per heavy atom. The number of benzene rings is 1. The van der Waals surface area contributed by atoms with Gasteiger partial charge in [-0.05, 0) is 25.1 Å². The van der Waals surface area contributed by atoms with Gasteiger partial charge in [-0.2, -0.15) is 0 Å². The van der Waals surface area contributed by atoms with Crippen LogP contribution in [0.1, 0.15) is 11.3 Å². The predicted octanol–water partition coefficient (Wildman–Crippen LogP) is 3.19. The second kappa shape index (κ2) is 5.10.